The lowest BCUT2D eigenvalue weighted by Gasteiger charge is -2.33. The van der Waals surface area contributed by atoms with E-state index in [1.54, 1.807) is 0 Å². The van der Waals surface area contributed by atoms with Crippen molar-refractivity contribution in [3.05, 3.63) is 12.4 Å². The smallest absolute Gasteiger partial charge is 0.247 e. The molecule has 1 unspecified atom stereocenters. The molecule has 0 spiro atoms. The Balaban J connectivity index is 2.21. The zero-order valence-electron chi connectivity index (χ0n) is 11.2. The monoisotopic (exact) mass is 302 g/mol. The first-order valence-electron chi connectivity index (χ1n) is 6.43. The predicted octanol–water partition coefficient (Wildman–Crippen LogP) is -0.675. The number of carbonyl (C=O) groups excluding carboxylic acids is 1. The van der Waals surface area contributed by atoms with Gasteiger partial charge in [-0.1, -0.05) is 6.92 Å². The molecule has 1 atom stereocenters. The summed E-state index contributed by atoms with van der Waals surface area (Å²) in [7, 11) is -3.74. The number of ether oxygens (including phenoxy) is 1. The standard InChI is InChI=1S/C11H18N4O4S/c1-2-3-12-11(16)10-8-19-5-4-15(10)20(17,18)9-6-13-14-7-9/h6-7,10H,2-5,8H2,1H3,(H,12,16)(H,13,14). The van der Waals surface area contributed by atoms with Gasteiger partial charge in [0, 0.05) is 19.3 Å². The van der Waals surface area contributed by atoms with E-state index in [1.165, 1.54) is 16.7 Å². The van der Waals surface area contributed by atoms with Crippen molar-refractivity contribution in [2.45, 2.75) is 24.3 Å². The molecule has 0 radical (unpaired) electrons. The molecule has 0 bridgehead atoms. The van der Waals surface area contributed by atoms with Gasteiger partial charge in [-0.25, -0.2) is 8.42 Å². The Kier molecular flexibility index (Phi) is 4.73. The lowest BCUT2D eigenvalue weighted by molar-refractivity contribution is -0.129. The number of amides is 1. The zero-order chi connectivity index (χ0) is 14.6. The van der Waals surface area contributed by atoms with Crippen LogP contribution in [0.3, 0.4) is 0 Å². The van der Waals surface area contributed by atoms with Crippen LogP contribution in [0.5, 0.6) is 0 Å². The first kappa shape index (κ1) is 14.9. The Morgan fingerprint density at radius 3 is 3.10 bits per heavy atom. The highest BCUT2D eigenvalue weighted by molar-refractivity contribution is 7.89. The van der Waals surface area contributed by atoms with Crippen LogP contribution in [0, 0.1) is 0 Å². The number of carbonyl (C=O) groups is 1. The third-order valence-corrected chi connectivity index (χ3v) is 4.88. The minimum absolute atomic E-state index is 0.0488. The van der Waals surface area contributed by atoms with E-state index in [1.807, 2.05) is 6.92 Å². The molecular weight excluding hydrogens is 284 g/mol. The number of nitrogens with zero attached hydrogens (tertiary/aromatic N) is 2. The molecule has 8 nitrogen and oxygen atoms in total. The van der Waals surface area contributed by atoms with Gasteiger partial charge in [0.05, 0.1) is 19.4 Å². The zero-order valence-corrected chi connectivity index (χ0v) is 12.0. The molecule has 0 aromatic carbocycles. The van der Waals surface area contributed by atoms with E-state index in [2.05, 4.69) is 15.5 Å². The summed E-state index contributed by atoms with van der Waals surface area (Å²) in [5.74, 6) is -0.335. The van der Waals surface area contributed by atoms with Gasteiger partial charge in [-0.05, 0) is 6.42 Å². The maximum atomic E-state index is 12.5. The van der Waals surface area contributed by atoms with Crippen LogP contribution in [0.2, 0.25) is 0 Å². The molecule has 1 saturated heterocycles. The molecule has 1 aromatic heterocycles. The number of aromatic nitrogens is 2. The summed E-state index contributed by atoms with van der Waals surface area (Å²) in [5.41, 5.74) is 0. The second-order valence-corrected chi connectivity index (χ2v) is 6.32. The second kappa shape index (κ2) is 6.33. The van der Waals surface area contributed by atoms with Gasteiger partial charge in [0.25, 0.3) is 0 Å². The Morgan fingerprint density at radius 2 is 2.45 bits per heavy atom. The Bertz CT molecular complexity index is 543. The Labute approximate surface area is 117 Å². The van der Waals surface area contributed by atoms with Gasteiger partial charge in [-0.15, -0.1) is 0 Å². The van der Waals surface area contributed by atoms with E-state index in [4.69, 9.17) is 4.74 Å². The van der Waals surface area contributed by atoms with Crippen molar-refractivity contribution in [1.29, 1.82) is 0 Å². The minimum atomic E-state index is -3.74. The summed E-state index contributed by atoms with van der Waals surface area (Å²) >= 11 is 0. The van der Waals surface area contributed by atoms with Crippen molar-refractivity contribution in [1.82, 2.24) is 19.8 Å². The van der Waals surface area contributed by atoms with Crippen LogP contribution in [0.15, 0.2) is 17.3 Å². The Hall–Kier alpha value is -1.45. The molecule has 20 heavy (non-hydrogen) atoms. The fourth-order valence-corrected chi connectivity index (χ4v) is 3.43. The van der Waals surface area contributed by atoms with Crippen molar-refractivity contribution in [3.63, 3.8) is 0 Å². The van der Waals surface area contributed by atoms with Gasteiger partial charge < -0.3 is 10.1 Å². The van der Waals surface area contributed by atoms with Gasteiger partial charge in [0.2, 0.25) is 15.9 Å². The van der Waals surface area contributed by atoms with Crippen molar-refractivity contribution in [3.8, 4) is 0 Å². The highest BCUT2D eigenvalue weighted by Crippen LogP contribution is 2.19. The van der Waals surface area contributed by atoms with Gasteiger partial charge in [-0.2, -0.15) is 9.40 Å². The maximum absolute atomic E-state index is 12.5. The lowest BCUT2D eigenvalue weighted by atomic mass is 10.2. The first-order valence-corrected chi connectivity index (χ1v) is 7.87. The highest BCUT2D eigenvalue weighted by Gasteiger charge is 2.38. The van der Waals surface area contributed by atoms with E-state index >= 15 is 0 Å². The van der Waals surface area contributed by atoms with E-state index in [0.717, 1.165) is 6.42 Å². The lowest BCUT2D eigenvalue weighted by Crippen LogP contribution is -2.55. The first-order chi connectivity index (χ1) is 9.57. The summed E-state index contributed by atoms with van der Waals surface area (Å²) in [6.07, 6.45) is 3.31. The predicted molar refractivity (Wildman–Crippen MR) is 70.4 cm³/mol. The van der Waals surface area contributed by atoms with Crippen molar-refractivity contribution in [2.24, 2.45) is 0 Å². The summed E-state index contributed by atoms with van der Waals surface area (Å²) in [6, 6.07) is -0.838. The number of sulfonamides is 1. The van der Waals surface area contributed by atoms with Gasteiger partial charge in [-0.3, -0.25) is 9.89 Å². The average molecular weight is 302 g/mol. The molecule has 1 aromatic rings. The van der Waals surface area contributed by atoms with Crippen LogP contribution in [0.25, 0.3) is 0 Å². The van der Waals surface area contributed by atoms with Crippen molar-refractivity contribution >= 4 is 15.9 Å². The quantitative estimate of drug-likeness (QED) is 0.750. The van der Waals surface area contributed by atoms with Crippen LogP contribution in [-0.2, 0) is 19.6 Å². The number of aromatic amines is 1. The number of morpholine rings is 1. The van der Waals surface area contributed by atoms with E-state index < -0.39 is 16.1 Å². The number of nitrogens with one attached hydrogen (secondary N) is 2. The van der Waals surface area contributed by atoms with Crippen molar-refractivity contribution < 1.29 is 17.9 Å². The number of hydrogen-bond acceptors (Lipinski definition) is 5. The number of hydrogen-bond donors (Lipinski definition) is 2. The van der Waals surface area contributed by atoms with Gasteiger partial charge in [0.1, 0.15) is 10.9 Å². The largest absolute Gasteiger partial charge is 0.378 e. The summed E-state index contributed by atoms with van der Waals surface area (Å²) in [5, 5.41) is 8.81. The third-order valence-electron chi connectivity index (χ3n) is 3.01. The fourth-order valence-electron chi connectivity index (χ4n) is 1.96. The molecule has 0 aliphatic carbocycles. The van der Waals surface area contributed by atoms with Crippen LogP contribution >= 0.6 is 0 Å². The second-order valence-electron chi connectivity index (χ2n) is 4.43. The topological polar surface area (TPSA) is 104 Å². The summed E-state index contributed by atoms with van der Waals surface area (Å²) in [4.78, 5) is 12.1. The molecule has 1 aliphatic rings. The SMILES string of the molecule is CCCNC(=O)C1COCCN1S(=O)(=O)c1cn[nH]c1. The molecule has 1 aliphatic heterocycles. The molecular formula is C11H18N4O4S. The minimum Gasteiger partial charge on any atom is -0.378 e. The fraction of sp³-hybridized carbons (Fsp3) is 0.636. The molecule has 1 fully saturated rings. The highest BCUT2D eigenvalue weighted by atomic mass is 32.2. The summed E-state index contributed by atoms with van der Waals surface area (Å²) < 4.78 is 31.3. The van der Waals surface area contributed by atoms with Crippen LogP contribution in [-0.4, -0.2) is 61.2 Å². The molecule has 2 rings (SSSR count). The van der Waals surface area contributed by atoms with Crippen LogP contribution < -0.4 is 5.32 Å². The third kappa shape index (κ3) is 3.00. The van der Waals surface area contributed by atoms with Crippen LogP contribution in [0.1, 0.15) is 13.3 Å². The maximum Gasteiger partial charge on any atom is 0.247 e. The van der Waals surface area contributed by atoms with Crippen LogP contribution in [0.4, 0.5) is 0 Å². The molecule has 9 heteroatoms. The van der Waals surface area contributed by atoms with Crippen molar-refractivity contribution in [2.75, 3.05) is 26.3 Å². The summed E-state index contributed by atoms with van der Waals surface area (Å²) in [6.45, 7) is 2.92. The normalized spacial score (nSPS) is 20.8. The molecule has 1 amide bonds. The van der Waals surface area contributed by atoms with Gasteiger partial charge in [0.15, 0.2) is 0 Å². The molecule has 0 saturated carbocycles. The number of H-pyrrole nitrogens is 1. The molecule has 112 valence electrons. The van der Waals surface area contributed by atoms with E-state index in [0.29, 0.717) is 6.54 Å². The average Bonchev–Trinajstić information content (AvgIpc) is 2.99. The Morgan fingerprint density at radius 1 is 1.65 bits per heavy atom. The van der Waals surface area contributed by atoms with E-state index in [9.17, 15) is 13.2 Å². The molecule has 2 N–H and O–H groups in total. The van der Waals surface area contributed by atoms with E-state index in [-0.39, 0.29) is 30.6 Å². The number of rotatable bonds is 5. The molecule has 2 heterocycles. The van der Waals surface area contributed by atoms with Gasteiger partial charge >= 0.3 is 0 Å².